The van der Waals surface area contributed by atoms with Gasteiger partial charge in [-0.1, -0.05) is 6.92 Å². The molecule has 0 saturated carbocycles. The van der Waals surface area contributed by atoms with E-state index in [-0.39, 0.29) is 5.91 Å². The Labute approximate surface area is 127 Å². The van der Waals surface area contributed by atoms with Gasteiger partial charge in [0.05, 0.1) is 5.54 Å². The van der Waals surface area contributed by atoms with Gasteiger partial charge in [0.2, 0.25) is 0 Å². The fraction of sp³-hybridized carbons (Fsp3) is 0.500. The molecule has 3 rings (SSSR count). The second-order valence-corrected chi connectivity index (χ2v) is 6.33. The first-order valence-corrected chi connectivity index (χ1v) is 8.01. The minimum atomic E-state index is -0.459. The van der Waals surface area contributed by atoms with E-state index >= 15 is 0 Å². The molecule has 3 N–H and O–H groups in total. The normalized spacial score (nSPS) is 17.0. The molecule has 0 aliphatic carbocycles. The number of H-pyrrole nitrogens is 1. The molecule has 7 heteroatoms. The Hall–Kier alpha value is -1.73. The van der Waals surface area contributed by atoms with Gasteiger partial charge in [0, 0.05) is 42.3 Å². The second kappa shape index (κ2) is 5.57. The number of aromatic amines is 1. The molecule has 1 aliphatic heterocycles. The van der Waals surface area contributed by atoms with Gasteiger partial charge in [0.25, 0.3) is 5.91 Å². The SMILES string of the molecule is CCC(C)(NC(=O)c1n[nH]c2c1CNCC2)c1nccs1. The largest absolute Gasteiger partial charge is 0.339 e. The number of aromatic nitrogens is 3. The van der Waals surface area contributed by atoms with E-state index in [1.54, 1.807) is 17.5 Å². The quantitative estimate of drug-likeness (QED) is 0.800. The number of amides is 1. The lowest BCUT2D eigenvalue weighted by Crippen LogP contribution is -2.43. The zero-order valence-corrected chi connectivity index (χ0v) is 13.0. The van der Waals surface area contributed by atoms with Crippen molar-refractivity contribution in [3.63, 3.8) is 0 Å². The predicted molar refractivity (Wildman–Crippen MR) is 81.2 cm³/mol. The second-order valence-electron chi connectivity index (χ2n) is 5.43. The van der Waals surface area contributed by atoms with Gasteiger partial charge in [0.1, 0.15) is 5.01 Å². The number of hydrogen-bond donors (Lipinski definition) is 3. The number of nitrogens with zero attached hydrogens (tertiary/aromatic N) is 2. The fourth-order valence-corrected chi connectivity index (χ4v) is 3.34. The molecule has 1 amide bonds. The molecule has 0 bridgehead atoms. The standard InChI is InChI=1S/C14H19N5OS/c1-3-14(2,13-16-6-7-21-13)17-12(20)11-9-8-15-5-4-10(9)18-19-11/h6-7,15H,3-5,8H2,1-2H3,(H,17,20)(H,18,19). The minimum absolute atomic E-state index is 0.143. The molecule has 0 saturated heterocycles. The number of thiazole rings is 1. The van der Waals surface area contributed by atoms with Crippen molar-refractivity contribution < 1.29 is 4.79 Å². The summed E-state index contributed by atoms with van der Waals surface area (Å²) in [7, 11) is 0. The number of fused-ring (bicyclic) bond motifs is 1. The van der Waals surface area contributed by atoms with E-state index in [9.17, 15) is 4.79 Å². The van der Waals surface area contributed by atoms with Crippen LogP contribution in [0.4, 0.5) is 0 Å². The molecule has 2 aromatic rings. The molecule has 1 aliphatic rings. The Kier molecular flexibility index (Phi) is 3.77. The van der Waals surface area contributed by atoms with Crippen LogP contribution in [0.5, 0.6) is 0 Å². The Bertz CT molecular complexity index is 636. The van der Waals surface area contributed by atoms with Crippen LogP contribution in [-0.2, 0) is 18.5 Å². The lowest BCUT2D eigenvalue weighted by molar-refractivity contribution is 0.0895. The van der Waals surface area contributed by atoms with Gasteiger partial charge in [-0.05, 0) is 13.3 Å². The summed E-state index contributed by atoms with van der Waals surface area (Å²) in [5.74, 6) is -0.143. The molecule has 3 heterocycles. The highest BCUT2D eigenvalue weighted by Crippen LogP contribution is 2.27. The summed E-state index contributed by atoms with van der Waals surface area (Å²) in [6.07, 6.45) is 3.42. The average molecular weight is 305 g/mol. The number of rotatable bonds is 4. The van der Waals surface area contributed by atoms with Crippen molar-refractivity contribution in [1.82, 2.24) is 25.8 Å². The molecule has 1 atom stereocenters. The van der Waals surface area contributed by atoms with Crippen molar-refractivity contribution in [1.29, 1.82) is 0 Å². The molecule has 0 aromatic carbocycles. The zero-order chi connectivity index (χ0) is 14.9. The van der Waals surface area contributed by atoms with Crippen LogP contribution in [-0.4, -0.2) is 27.6 Å². The number of hydrogen-bond acceptors (Lipinski definition) is 5. The lowest BCUT2D eigenvalue weighted by Gasteiger charge is -2.27. The third-order valence-electron chi connectivity index (χ3n) is 4.02. The summed E-state index contributed by atoms with van der Waals surface area (Å²) in [6, 6.07) is 0. The van der Waals surface area contributed by atoms with Crippen LogP contribution in [0, 0.1) is 0 Å². The minimum Gasteiger partial charge on any atom is -0.339 e. The van der Waals surface area contributed by atoms with Gasteiger partial charge in [0.15, 0.2) is 5.69 Å². The first kappa shape index (κ1) is 14.2. The Morgan fingerprint density at radius 3 is 3.14 bits per heavy atom. The summed E-state index contributed by atoms with van der Waals surface area (Å²) in [4.78, 5) is 16.9. The Balaban J connectivity index is 1.84. The summed E-state index contributed by atoms with van der Waals surface area (Å²) in [6.45, 7) is 5.65. The highest BCUT2D eigenvalue weighted by molar-refractivity contribution is 7.09. The molecular weight excluding hydrogens is 286 g/mol. The predicted octanol–water partition coefficient (Wildman–Crippen LogP) is 1.57. The summed E-state index contributed by atoms with van der Waals surface area (Å²) < 4.78 is 0. The molecule has 0 spiro atoms. The number of carbonyl (C=O) groups is 1. The van der Waals surface area contributed by atoms with E-state index in [1.165, 1.54) is 0 Å². The third-order valence-corrected chi connectivity index (χ3v) is 5.06. The van der Waals surface area contributed by atoms with E-state index in [2.05, 4.69) is 25.8 Å². The maximum Gasteiger partial charge on any atom is 0.272 e. The summed E-state index contributed by atoms with van der Waals surface area (Å²) in [5.41, 5.74) is 2.08. The zero-order valence-electron chi connectivity index (χ0n) is 12.2. The van der Waals surface area contributed by atoms with Gasteiger partial charge in [-0.25, -0.2) is 4.98 Å². The van der Waals surface area contributed by atoms with Crippen molar-refractivity contribution in [2.75, 3.05) is 6.54 Å². The topological polar surface area (TPSA) is 82.7 Å². The van der Waals surface area contributed by atoms with E-state index < -0.39 is 5.54 Å². The van der Waals surface area contributed by atoms with Gasteiger partial charge >= 0.3 is 0 Å². The van der Waals surface area contributed by atoms with Crippen molar-refractivity contribution in [3.8, 4) is 0 Å². The lowest BCUT2D eigenvalue weighted by atomic mass is 9.99. The molecule has 6 nitrogen and oxygen atoms in total. The van der Waals surface area contributed by atoms with Crippen LogP contribution in [0.3, 0.4) is 0 Å². The van der Waals surface area contributed by atoms with E-state index in [4.69, 9.17) is 0 Å². The van der Waals surface area contributed by atoms with E-state index in [0.717, 1.165) is 35.7 Å². The van der Waals surface area contributed by atoms with Crippen LogP contribution in [0.25, 0.3) is 0 Å². The molecule has 0 fully saturated rings. The first-order valence-electron chi connectivity index (χ1n) is 7.13. The molecular formula is C14H19N5OS. The van der Waals surface area contributed by atoms with Crippen LogP contribution >= 0.6 is 11.3 Å². The third kappa shape index (κ3) is 2.58. The molecule has 0 radical (unpaired) electrons. The molecule has 1 unspecified atom stereocenters. The highest BCUT2D eigenvalue weighted by Gasteiger charge is 2.32. The molecule has 112 valence electrons. The fourth-order valence-electron chi connectivity index (χ4n) is 2.51. The van der Waals surface area contributed by atoms with Crippen LogP contribution in [0.15, 0.2) is 11.6 Å². The number of nitrogens with one attached hydrogen (secondary N) is 3. The Morgan fingerprint density at radius 2 is 2.43 bits per heavy atom. The smallest absolute Gasteiger partial charge is 0.272 e. The molecule has 2 aromatic heterocycles. The van der Waals surface area contributed by atoms with Crippen molar-refractivity contribution >= 4 is 17.2 Å². The van der Waals surface area contributed by atoms with Gasteiger partial charge in [-0.2, -0.15) is 5.10 Å². The van der Waals surface area contributed by atoms with Crippen LogP contribution in [0.1, 0.15) is 47.0 Å². The monoisotopic (exact) mass is 305 g/mol. The maximum atomic E-state index is 12.6. The summed E-state index contributed by atoms with van der Waals surface area (Å²) >= 11 is 1.56. The van der Waals surface area contributed by atoms with Gasteiger partial charge < -0.3 is 10.6 Å². The van der Waals surface area contributed by atoms with Crippen LogP contribution < -0.4 is 10.6 Å². The first-order chi connectivity index (χ1) is 10.1. The summed E-state index contributed by atoms with van der Waals surface area (Å²) in [5, 5.41) is 16.4. The van der Waals surface area contributed by atoms with Gasteiger partial charge in [-0.3, -0.25) is 9.89 Å². The van der Waals surface area contributed by atoms with E-state index in [1.807, 2.05) is 19.2 Å². The van der Waals surface area contributed by atoms with Gasteiger partial charge in [-0.15, -0.1) is 11.3 Å². The van der Waals surface area contributed by atoms with Crippen molar-refractivity contribution in [2.24, 2.45) is 0 Å². The Morgan fingerprint density at radius 1 is 1.57 bits per heavy atom. The van der Waals surface area contributed by atoms with Crippen LogP contribution in [0.2, 0.25) is 0 Å². The highest BCUT2D eigenvalue weighted by atomic mass is 32.1. The number of carbonyl (C=O) groups excluding carboxylic acids is 1. The average Bonchev–Trinajstić information content (AvgIpc) is 3.16. The van der Waals surface area contributed by atoms with E-state index in [0.29, 0.717) is 12.2 Å². The van der Waals surface area contributed by atoms with Crippen molar-refractivity contribution in [2.45, 2.75) is 38.8 Å². The van der Waals surface area contributed by atoms with Crippen molar-refractivity contribution in [3.05, 3.63) is 33.5 Å². The molecule has 21 heavy (non-hydrogen) atoms. The maximum absolute atomic E-state index is 12.6.